The van der Waals surface area contributed by atoms with Gasteiger partial charge in [0.2, 0.25) is 0 Å². The van der Waals surface area contributed by atoms with Crippen molar-refractivity contribution in [1.29, 1.82) is 0 Å². The van der Waals surface area contributed by atoms with Gasteiger partial charge in [0.15, 0.2) is 0 Å². The maximum atomic E-state index is 9.06. The zero-order valence-electron chi connectivity index (χ0n) is 9.77. The Bertz CT molecular complexity index is 505. The first kappa shape index (κ1) is 12.6. The molecular formula is C13H14ClNOS. The second-order valence-corrected chi connectivity index (χ2v) is 5.78. The summed E-state index contributed by atoms with van der Waals surface area (Å²) in [4.78, 5) is 4.31. The number of nitrogens with zero attached hydrogens (tertiary/aromatic N) is 1. The predicted octanol–water partition coefficient (Wildman–Crippen LogP) is 4.08. The molecule has 90 valence electrons. The van der Waals surface area contributed by atoms with Gasteiger partial charge >= 0.3 is 0 Å². The maximum absolute atomic E-state index is 9.06. The molecule has 2 aromatic rings. The molecule has 4 heteroatoms. The van der Waals surface area contributed by atoms with Crippen LogP contribution in [0.25, 0.3) is 10.6 Å². The van der Waals surface area contributed by atoms with Crippen molar-refractivity contribution < 1.29 is 5.11 Å². The van der Waals surface area contributed by atoms with Crippen LogP contribution in [0.5, 0.6) is 0 Å². The summed E-state index contributed by atoms with van der Waals surface area (Å²) in [7, 11) is 0. The first-order valence-electron chi connectivity index (χ1n) is 5.48. The zero-order chi connectivity index (χ0) is 12.4. The van der Waals surface area contributed by atoms with Crippen LogP contribution in [0.2, 0.25) is 4.34 Å². The van der Waals surface area contributed by atoms with E-state index in [1.165, 1.54) is 16.9 Å². The Morgan fingerprint density at radius 1 is 1.29 bits per heavy atom. The lowest BCUT2D eigenvalue weighted by atomic mass is 10.0. The number of thiazole rings is 1. The van der Waals surface area contributed by atoms with Gasteiger partial charge in [0, 0.05) is 5.56 Å². The van der Waals surface area contributed by atoms with E-state index in [9.17, 15) is 0 Å². The zero-order valence-corrected chi connectivity index (χ0v) is 11.3. The summed E-state index contributed by atoms with van der Waals surface area (Å²) in [5.41, 5.74) is 2.90. The minimum Gasteiger partial charge on any atom is -0.390 e. The maximum Gasteiger partial charge on any atom is 0.125 e. The molecule has 0 amide bonds. The SMILES string of the molecule is CC(C)c1ccc(-c2nc(CO)c(Cl)s2)cc1. The Morgan fingerprint density at radius 3 is 2.41 bits per heavy atom. The average Bonchev–Trinajstić information content (AvgIpc) is 2.70. The molecule has 0 radical (unpaired) electrons. The molecule has 0 atom stereocenters. The fraction of sp³-hybridized carbons (Fsp3) is 0.308. The van der Waals surface area contributed by atoms with Crippen LogP contribution in [0, 0.1) is 0 Å². The minimum absolute atomic E-state index is 0.112. The molecular weight excluding hydrogens is 254 g/mol. The third-order valence-corrected chi connectivity index (χ3v) is 4.01. The monoisotopic (exact) mass is 267 g/mol. The molecule has 0 unspecified atom stereocenters. The van der Waals surface area contributed by atoms with Gasteiger partial charge in [0.1, 0.15) is 9.34 Å². The van der Waals surface area contributed by atoms with E-state index >= 15 is 0 Å². The first-order chi connectivity index (χ1) is 8.11. The molecule has 0 saturated carbocycles. The highest BCUT2D eigenvalue weighted by Gasteiger charge is 2.10. The summed E-state index contributed by atoms with van der Waals surface area (Å²) in [6, 6.07) is 8.30. The van der Waals surface area contributed by atoms with Crippen molar-refractivity contribution in [3.8, 4) is 10.6 Å². The molecule has 2 rings (SSSR count). The summed E-state index contributed by atoms with van der Waals surface area (Å²) in [5.74, 6) is 0.525. The first-order valence-corrected chi connectivity index (χ1v) is 6.67. The third-order valence-electron chi connectivity index (χ3n) is 2.62. The van der Waals surface area contributed by atoms with E-state index in [1.54, 1.807) is 0 Å². The van der Waals surface area contributed by atoms with Gasteiger partial charge in [-0.1, -0.05) is 49.7 Å². The molecule has 0 aliphatic heterocycles. The summed E-state index contributed by atoms with van der Waals surface area (Å²) in [6.45, 7) is 4.22. The number of rotatable bonds is 3. The Balaban J connectivity index is 2.33. The second kappa shape index (κ2) is 5.17. The van der Waals surface area contributed by atoms with E-state index < -0.39 is 0 Å². The van der Waals surface area contributed by atoms with Crippen LogP contribution in [0.3, 0.4) is 0 Å². The van der Waals surface area contributed by atoms with Gasteiger partial charge in [-0.25, -0.2) is 4.98 Å². The number of aliphatic hydroxyl groups excluding tert-OH is 1. The molecule has 1 N–H and O–H groups in total. The van der Waals surface area contributed by atoms with Crippen LogP contribution in [-0.2, 0) is 6.61 Å². The van der Waals surface area contributed by atoms with Crippen molar-refractivity contribution in [3.05, 3.63) is 39.9 Å². The highest BCUT2D eigenvalue weighted by molar-refractivity contribution is 7.19. The van der Waals surface area contributed by atoms with Crippen molar-refractivity contribution in [2.24, 2.45) is 0 Å². The molecule has 0 aliphatic carbocycles. The van der Waals surface area contributed by atoms with Gasteiger partial charge in [-0.2, -0.15) is 0 Å². The Morgan fingerprint density at radius 2 is 1.94 bits per heavy atom. The summed E-state index contributed by atoms with van der Waals surface area (Å²) in [5, 5.41) is 9.91. The van der Waals surface area contributed by atoms with E-state index in [0.29, 0.717) is 15.9 Å². The number of hydrogen-bond acceptors (Lipinski definition) is 3. The fourth-order valence-electron chi connectivity index (χ4n) is 1.56. The van der Waals surface area contributed by atoms with Crippen LogP contribution in [0.4, 0.5) is 0 Å². The number of halogens is 1. The van der Waals surface area contributed by atoms with Crippen molar-refractivity contribution >= 4 is 22.9 Å². The minimum atomic E-state index is -0.112. The van der Waals surface area contributed by atoms with Crippen molar-refractivity contribution in [1.82, 2.24) is 4.98 Å². The molecule has 0 bridgehead atoms. The Hall–Kier alpha value is -0.900. The van der Waals surface area contributed by atoms with Gasteiger partial charge in [0.25, 0.3) is 0 Å². The standard InChI is InChI=1S/C13H14ClNOS/c1-8(2)9-3-5-10(6-4-9)13-15-11(7-16)12(14)17-13/h3-6,8,16H,7H2,1-2H3. The van der Waals surface area contributed by atoms with Gasteiger partial charge in [-0.3, -0.25) is 0 Å². The number of benzene rings is 1. The summed E-state index contributed by atoms with van der Waals surface area (Å²) >= 11 is 7.37. The lowest BCUT2D eigenvalue weighted by Crippen LogP contribution is -1.87. The third kappa shape index (κ3) is 2.68. The molecule has 17 heavy (non-hydrogen) atoms. The number of aliphatic hydroxyl groups is 1. The van der Waals surface area contributed by atoms with Gasteiger partial charge < -0.3 is 5.11 Å². The number of aromatic nitrogens is 1. The molecule has 2 nitrogen and oxygen atoms in total. The molecule has 1 aromatic carbocycles. The van der Waals surface area contributed by atoms with Crippen molar-refractivity contribution in [2.75, 3.05) is 0 Å². The van der Waals surface area contributed by atoms with Crippen LogP contribution in [-0.4, -0.2) is 10.1 Å². The van der Waals surface area contributed by atoms with Crippen molar-refractivity contribution in [2.45, 2.75) is 26.4 Å². The van der Waals surface area contributed by atoms with E-state index in [4.69, 9.17) is 16.7 Å². The van der Waals surface area contributed by atoms with Crippen molar-refractivity contribution in [3.63, 3.8) is 0 Å². The van der Waals surface area contributed by atoms with E-state index in [0.717, 1.165) is 10.6 Å². The van der Waals surface area contributed by atoms with Crippen LogP contribution < -0.4 is 0 Å². The summed E-state index contributed by atoms with van der Waals surface area (Å²) < 4.78 is 0.565. The quantitative estimate of drug-likeness (QED) is 0.909. The predicted molar refractivity (Wildman–Crippen MR) is 72.6 cm³/mol. The topological polar surface area (TPSA) is 33.1 Å². The molecule has 0 saturated heterocycles. The normalized spacial score (nSPS) is 11.1. The summed E-state index contributed by atoms with van der Waals surface area (Å²) in [6.07, 6.45) is 0. The largest absolute Gasteiger partial charge is 0.390 e. The molecule has 0 aliphatic rings. The lowest BCUT2D eigenvalue weighted by molar-refractivity contribution is 0.278. The van der Waals surface area contributed by atoms with Crippen LogP contribution in [0.15, 0.2) is 24.3 Å². The van der Waals surface area contributed by atoms with Gasteiger partial charge in [-0.15, -0.1) is 11.3 Å². The second-order valence-electron chi connectivity index (χ2n) is 4.17. The highest BCUT2D eigenvalue weighted by atomic mass is 35.5. The number of hydrogen-bond donors (Lipinski definition) is 1. The smallest absolute Gasteiger partial charge is 0.125 e. The highest BCUT2D eigenvalue weighted by Crippen LogP contribution is 2.32. The van der Waals surface area contributed by atoms with Crippen LogP contribution >= 0.6 is 22.9 Å². The Kier molecular flexibility index (Phi) is 3.82. The van der Waals surface area contributed by atoms with E-state index in [2.05, 4.69) is 31.0 Å². The van der Waals surface area contributed by atoms with Crippen LogP contribution in [0.1, 0.15) is 31.0 Å². The lowest BCUT2D eigenvalue weighted by Gasteiger charge is -2.05. The average molecular weight is 268 g/mol. The Labute approximate surface area is 110 Å². The molecule has 0 fully saturated rings. The molecule has 0 spiro atoms. The fourth-order valence-corrected chi connectivity index (χ4v) is 2.69. The molecule has 1 heterocycles. The molecule has 1 aromatic heterocycles. The van der Waals surface area contributed by atoms with E-state index in [1.807, 2.05) is 12.1 Å². The van der Waals surface area contributed by atoms with Gasteiger partial charge in [0.05, 0.1) is 12.3 Å². The van der Waals surface area contributed by atoms with Gasteiger partial charge in [-0.05, 0) is 11.5 Å². The van der Waals surface area contributed by atoms with E-state index in [-0.39, 0.29) is 6.61 Å².